The summed E-state index contributed by atoms with van der Waals surface area (Å²) in [6.07, 6.45) is 9.64. The fourth-order valence-electron chi connectivity index (χ4n) is 4.23. The van der Waals surface area contributed by atoms with Crippen molar-refractivity contribution in [1.29, 1.82) is 0 Å². The van der Waals surface area contributed by atoms with Gasteiger partial charge in [0.15, 0.2) is 0 Å². The summed E-state index contributed by atoms with van der Waals surface area (Å²) >= 11 is 0. The summed E-state index contributed by atoms with van der Waals surface area (Å²) in [5, 5.41) is 0. The summed E-state index contributed by atoms with van der Waals surface area (Å²) < 4.78 is 0. The Labute approximate surface area is 148 Å². The van der Waals surface area contributed by atoms with Gasteiger partial charge < -0.3 is 0 Å². The van der Waals surface area contributed by atoms with Gasteiger partial charge in [-0.1, -0.05) is 24.3 Å². The molecule has 25 heavy (non-hydrogen) atoms. The smallest absolute Gasteiger partial charge is 0.142 e. The maximum atomic E-state index is 4.81. The lowest BCUT2D eigenvalue weighted by molar-refractivity contribution is 0.685. The topological polar surface area (TPSA) is 29.0 Å². The third-order valence-electron chi connectivity index (χ3n) is 5.36. The maximum absolute atomic E-state index is 4.81. The standard InChI is InChI=1S/C22H21N3/c1-15-12-18-13-17-8-5-11-23-21(17)25(22(18)24-14-15)20-10-4-7-16-6-2-3-9-19(16)20/h4-5,7-8,10-12,14H,2-3,6,9,13H2,1H3. The Hall–Kier alpha value is -2.68. The van der Waals surface area contributed by atoms with E-state index in [0.29, 0.717) is 0 Å². The minimum Gasteiger partial charge on any atom is -0.278 e. The van der Waals surface area contributed by atoms with E-state index in [9.17, 15) is 0 Å². The SMILES string of the molecule is Cc1cnc2c(c1)Cc1cccnc1N2c1cccc2c1CCCC2. The van der Waals surface area contributed by atoms with E-state index in [4.69, 9.17) is 9.97 Å². The Morgan fingerprint density at radius 2 is 1.72 bits per heavy atom. The normalized spacial score (nSPS) is 15.3. The van der Waals surface area contributed by atoms with Gasteiger partial charge >= 0.3 is 0 Å². The van der Waals surface area contributed by atoms with Gasteiger partial charge in [-0.3, -0.25) is 4.90 Å². The molecule has 2 aliphatic rings. The van der Waals surface area contributed by atoms with Crippen LogP contribution in [0.5, 0.6) is 0 Å². The van der Waals surface area contributed by atoms with Crippen LogP contribution >= 0.6 is 0 Å². The minimum absolute atomic E-state index is 0.901. The van der Waals surface area contributed by atoms with Gasteiger partial charge in [-0.25, -0.2) is 9.97 Å². The van der Waals surface area contributed by atoms with Gasteiger partial charge in [0.1, 0.15) is 11.6 Å². The third-order valence-corrected chi connectivity index (χ3v) is 5.36. The lowest BCUT2D eigenvalue weighted by Gasteiger charge is -2.34. The average molecular weight is 327 g/mol. The van der Waals surface area contributed by atoms with E-state index in [-0.39, 0.29) is 0 Å². The molecule has 2 aromatic heterocycles. The third kappa shape index (κ3) is 2.34. The highest BCUT2D eigenvalue weighted by Gasteiger charge is 2.28. The predicted molar refractivity (Wildman–Crippen MR) is 101 cm³/mol. The van der Waals surface area contributed by atoms with Crippen molar-refractivity contribution in [3.8, 4) is 0 Å². The van der Waals surface area contributed by atoms with Gasteiger partial charge in [-0.05, 0) is 67.0 Å². The number of anilines is 3. The zero-order valence-corrected chi connectivity index (χ0v) is 14.5. The number of rotatable bonds is 1. The number of nitrogens with zero attached hydrogens (tertiary/aromatic N) is 3. The minimum atomic E-state index is 0.901. The first-order valence-corrected chi connectivity index (χ1v) is 9.11. The van der Waals surface area contributed by atoms with Crippen LogP contribution in [0.3, 0.4) is 0 Å². The second-order valence-corrected chi connectivity index (χ2v) is 7.12. The van der Waals surface area contributed by atoms with Crippen LogP contribution in [0.25, 0.3) is 0 Å². The van der Waals surface area contributed by atoms with Gasteiger partial charge in [0.25, 0.3) is 0 Å². The molecule has 3 nitrogen and oxygen atoms in total. The highest BCUT2D eigenvalue weighted by molar-refractivity contribution is 5.81. The van der Waals surface area contributed by atoms with Crippen LogP contribution in [0.1, 0.15) is 40.7 Å². The number of fused-ring (bicyclic) bond motifs is 3. The molecule has 1 aromatic carbocycles. The summed E-state index contributed by atoms with van der Waals surface area (Å²) in [5.74, 6) is 2.07. The van der Waals surface area contributed by atoms with Gasteiger partial charge in [-0.2, -0.15) is 0 Å². The summed E-state index contributed by atoms with van der Waals surface area (Å²) in [6.45, 7) is 2.11. The molecule has 0 unspecified atom stereocenters. The molecule has 0 bridgehead atoms. The van der Waals surface area contributed by atoms with E-state index in [1.54, 1.807) is 0 Å². The molecule has 0 saturated heterocycles. The average Bonchev–Trinajstić information content (AvgIpc) is 2.65. The number of pyridine rings is 2. The fraction of sp³-hybridized carbons (Fsp3) is 0.273. The van der Waals surface area contributed by atoms with Crippen LogP contribution in [-0.4, -0.2) is 9.97 Å². The molecule has 124 valence electrons. The molecule has 3 aromatic rings. The van der Waals surface area contributed by atoms with Crippen molar-refractivity contribution in [3.05, 3.63) is 76.6 Å². The van der Waals surface area contributed by atoms with Crippen molar-refractivity contribution < 1.29 is 0 Å². The monoisotopic (exact) mass is 327 g/mol. The van der Waals surface area contributed by atoms with Gasteiger partial charge in [0, 0.05) is 24.4 Å². The van der Waals surface area contributed by atoms with Crippen molar-refractivity contribution in [1.82, 2.24) is 9.97 Å². The Morgan fingerprint density at radius 1 is 0.880 bits per heavy atom. The van der Waals surface area contributed by atoms with E-state index in [2.05, 4.69) is 42.2 Å². The van der Waals surface area contributed by atoms with E-state index >= 15 is 0 Å². The largest absolute Gasteiger partial charge is 0.278 e. The molecule has 0 saturated carbocycles. The van der Waals surface area contributed by atoms with Crippen LogP contribution in [0.2, 0.25) is 0 Å². The number of hydrogen-bond acceptors (Lipinski definition) is 3. The lowest BCUT2D eigenvalue weighted by Crippen LogP contribution is -2.23. The zero-order valence-electron chi connectivity index (χ0n) is 14.5. The Bertz CT molecular complexity index is 961. The van der Waals surface area contributed by atoms with Crippen molar-refractivity contribution in [2.45, 2.75) is 39.0 Å². The Kier molecular flexibility index (Phi) is 3.34. The fourth-order valence-corrected chi connectivity index (χ4v) is 4.23. The van der Waals surface area contributed by atoms with Crippen molar-refractivity contribution in [2.24, 2.45) is 0 Å². The quantitative estimate of drug-likeness (QED) is 0.490. The molecule has 0 spiro atoms. The molecule has 0 fully saturated rings. The molecule has 1 aliphatic heterocycles. The molecular formula is C22H21N3. The molecule has 0 atom stereocenters. The highest BCUT2D eigenvalue weighted by atomic mass is 15.3. The van der Waals surface area contributed by atoms with Crippen molar-refractivity contribution in [3.63, 3.8) is 0 Å². The number of aryl methyl sites for hydroxylation is 2. The first kappa shape index (κ1) is 14.6. The molecule has 0 amide bonds. The van der Waals surface area contributed by atoms with Crippen LogP contribution in [-0.2, 0) is 19.3 Å². The van der Waals surface area contributed by atoms with Crippen molar-refractivity contribution in [2.75, 3.05) is 4.90 Å². The number of aromatic nitrogens is 2. The van der Waals surface area contributed by atoms with E-state index in [1.807, 2.05) is 18.5 Å². The molecule has 5 rings (SSSR count). The van der Waals surface area contributed by atoms with Gasteiger partial charge in [0.05, 0.1) is 5.69 Å². The molecule has 1 aliphatic carbocycles. The summed E-state index contributed by atoms with van der Waals surface area (Å²) in [5.41, 5.74) is 7.99. The van der Waals surface area contributed by atoms with Crippen LogP contribution < -0.4 is 4.90 Å². The lowest BCUT2D eigenvalue weighted by atomic mass is 9.89. The van der Waals surface area contributed by atoms with Gasteiger partial charge in [-0.15, -0.1) is 0 Å². The predicted octanol–water partition coefficient (Wildman–Crippen LogP) is 5.04. The molecule has 0 N–H and O–H groups in total. The molecule has 3 heterocycles. The van der Waals surface area contributed by atoms with Crippen molar-refractivity contribution >= 4 is 17.3 Å². The van der Waals surface area contributed by atoms with Crippen LogP contribution in [0.4, 0.5) is 17.3 Å². The molecule has 0 radical (unpaired) electrons. The van der Waals surface area contributed by atoms with Gasteiger partial charge in [0.2, 0.25) is 0 Å². The summed E-state index contributed by atoms with van der Waals surface area (Å²) in [7, 11) is 0. The second-order valence-electron chi connectivity index (χ2n) is 7.12. The van der Waals surface area contributed by atoms with E-state index < -0.39 is 0 Å². The second kappa shape index (κ2) is 5.69. The summed E-state index contributed by atoms with van der Waals surface area (Å²) in [4.78, 5) is 11.8. The Balaban J connectivity index is 1.77. The van der Waals surface area contributed by atoms with E-state index in [1.165, 1.54) is 52.8 Å². The summed E-state index contributed by atoms with van der Waals surface area (Å²) in [6, 6.07) is 13.2. The molecule has 3 heteroatoms. The number of benzene rings is 1. The van der Waals surface area contributed by atoms with Crippen LogP contribution in [0.15, 0.2) is 48.8 Å². The first-order chi connectivity index (χ1) is 12.3. The zero-order chi connectivity index (χ0) is 16.8. The first-order valence-electron chi connectivity index (χ1n) is 9.11. The van der Waals surface area contributed by atoms with E-state index in [0.717, 1.165) is 24.5 Å². The maximum Gasteiger partial charge on any atom is 0.142 e. The molecular weight excluding hydrogens is 306 g/mol. The highest BCUT2D eigenvalue weighted by Crippen LogP contribution is 2.44. The Morgan fingerprint density at radius 3 is 2.68 bits per heavy atom. The van der Waals surface area contributed by atoms with Crippen LogP contribution in [0, 0.1) is 6.92 Å². The number of hydrogen-bond donors (Lipinski definition) is 0.